The molecule has 0 amide bonds. The van der Waals surface area contributed by atoms with Crippen molar-refractivity contribution in [1.29, 1.82) is 0 Å². The first-order valence-electron chi connectivity index (χ1n) is 14.0. The third-order valence-corrected chi connectivity index (χ3v) is 8.17. The van der Waals surface area contributed by atoms with Gasteiger partial charge in [-0.15, -0.1) is 0 Å². The first-order valence-corrected chi connectivity index (χ1v) is 14.0. The quantitative estimate of drug-likeness (QED) is 0.254. The number of nitro groups is 3. The first-order chi connectivity index (χ1) is 18.9. The van der Waals surface area contributed by atoms with E-state index < -0.39 is 37.6 Å². The van der Waals surface area contributed by atoms with Gasteiger partial charge >= 0.3 is 11.4 Å². The fourth-order valence-electron chi connectivity index (χ4n) is 5.88. The van der Waals surface area contributed by atoms with E-state index in [0.717, 1.165) is 0 Å². The molecule has 2 aromatic carbocycles. The van der Waals surface area contributed by atoms with Crippen LogP contribution in [0.2, 0.25) is 0 Å². The Morgan fingerprint density at radius 2 is 1.00 bits per heavy atom. The predicted molar refractivity (Wildman–Crippen MR) is 151 cm³/mol. The van der Waals surface area contributed by atoms with Gasteiger partial charge in [0.1, 0.15) is 13.1 Å². The van der Waals surface area contributed by atoms with Crippen molar-refractivity contribution in [1.82, 2.24) is 0 Å². The van der Waals surface area contributed by atoms with Crippen molar-refractivity contribution in [3.05, 3.63) is 77.9 Å². The summed E-state index contributed by atoms with van der Waals surface area (Å²) >= 11 is 0. The zero-order chi connectivity index (χ0) is 29.3. The molecule has 2 saturated heterocycles. The Morgan fingerprint density at radius 1 is 0.650 bits per heavy atom. The smallest absolute Gasteiger partial charge is 0.324 e. The number of nitrogens with zero attached hydrogens (tertiary/aromatic N) is 5. The van der Waals surface area contributed by atoms with Gasteiger partial charge in [0.2, 0.25) is 0 Å². The summed E-state index contributed by atoms with van der Waals surface area (Å²) in [4.78, 5) is 27.8. The summed E-state index contributed by atoms with van der Waals surface area (Å²) in [5.74, 6) is -1.21. The average molecular weight is 560 g/mol. The molecule has 0 unspecified atom stereocenters. The number of non-ortho nitro benzene ring substituents is 1. The Bertz CT molecular complexity index is 1120. The Labute approximate surface area is 234 Å². The van der Waals surface area contributed by atoms with Gasteiger partial charge in [0.15, 0.2) is 0 Å². The molecule has 0 aromatic heterocycles. The van der Waals surface area contributed by atoms with Gasteiger partial charge in [-0.1, -0.05) is 24.3 Å². The Morgan fingerprint density at radius 3 is 1.30 bits per heavy atom. The average Bonchev–Trinajstić information content (AvgIpc) is 3.24. The second-order valence-electron chi connectivity index (χ2n) is 11.7. The van der Waals surface area contributed by atoms with E-state index in [4.69, 9.17) is 5.11 Å². The van der Waals surface area contributed by atoms with E-state index in [1.165, 1.54) is 99.6 Å². The molecule has 1 N–H and O–H groups in total. The third-order valence-electron chi connectivity index (χ3n) is 8.17. The number of benzene rings is 2. The van der Waals surface area contributed by atoms with Crippen molar-refractivity contribution in [2.45, 2.75) is 64.5 Å². The monoisotopic (exact) mass is 559 g/mol. The maximum atomic E-state index is 10.4. The van der Waals surface area contributed by atoms with Gasteiger partial charge in [0.25, 0.3) is 11.4 Å². The van der Waals surface area contributed by atoms with E-state index in [1.807, 2.05) is 0 Å². The van der Waals surface area contributed by atoms with E-state index in [9.17, 15) is 30.3 Å². The molecule has 2 aliphatic heterocycles. The van der Waals surface area contributed by atoms with Crippen molar-refractivity contribution in [3.8, 4) is 5.75 Å². The summed E-state index contributed by atoms with van der Waals surface area (Å²) in [6.07, 6.45) is 11.4. The minimum Gasteiger partial charge on any atom is -0.497 e. The minimum atomic E-state index is -1.21. The molecule has 0 saturated carbocycles. The zero-order valence-corrected chi connectivity index (χ0v) is 23.5. The number of hydrogen-bond acceptors (Lipinski definition) is 7. The van der Waals surface area contributed by atoms with Gasteiger partial charge < -0.3 is 14.1 Å². The van der Waals surface area contributed by atoms with Crippen LogP contribution < -0.4 is 0 Å². The molecule has 0 radical (unpaired) electrons. The highest BCUT2D eigenvalue weighted by atomic mass is 16.6. The highest BCUT2D eigenvalue weighted by Crippen LogP contribution is 2.39. The molecular weight excluding hydrogens is 518 g/mol. The van der Waals surface area contributed by atoms with Crippen molar-refractivity contribution in [2.24, 2.45) is 0 Å². The number of quaternary nitrogens is 2. The fourth-order valence-corrected chi connectivity index (χ4v) is 5.88. The molecule has 0 bridgehead atoms. The van der Waals surface area contributed by atoms with Crippen molar-refractivity contribution >= 4 is 17.1 Å². The number of aromatic hydroxyl groups is 1. The first kappa shape index (κ1) is 30.9. The van der Waals surface area contributed by atoms with Crippen LogP contribution in [0.15, 0.2) is 36.4 Å². The largest absolute Gasteiger partial charge is 0.497 e. The van der Waals surface area contributed by atoms with E-state index in [1.54, 1.807) is 11.1 Å². The molecule has 218 valence electrons. The number of phenolic OH excluding ortho intramolecular Hbond substituents is 1. The number of hydrogen-bond donors (Lipinski definition) is 1. The summed E-state index contributed by atoms with van der Waals surface area (Å²) in [6, 6.07) is 10.2. The van der Waals surface area contributed by atoms with E-state index in [2.05, 4.69) is 38.4 Å². The van der Waals surface area contributed by atoms with E-state index in [0.29, 0.717) is 12.1 Å². The van der Waals surface area contributed by atoms with Gasteiger partial charge in [-0.05, 0) is 51.4 Å². The minimum absolute atomic E-state index is 0.447. The third kappa shape index (κ3) is 8.43. The van der Waals surface area contributed by atoms with E-state index >= 15 is 0 Å². The van der Waals surface area contributed by atoms with Crippen LogP contribution in [0.3, 0.4) is 0 Å². The second-order valence-corrected chi connectivity index (χ2v) is 11.7. The van der Waals surface area contributed by atoms with E-state index in [-0.39, 0.29) is 0 Å². The van der Waals surface area contributed by atoms with Gasteiger partial charge in [0.05, 0.1) is 67.2 Å². The number of likely N-dealkylation sites (tertiary alicyclic amines) is 2. The Balaban J connectivity index is 0.000000241. The van der Waals surface area contributed by atoms with Crippen LogP contribution in [-0.4, -0.2) is 69.1 Å². The normalized spacial score (nSPS) is 18.4. The molecular formula is C28H41N5O7+2. The molecule has 0 spiro atoms. The maximum Gasteiger partial charge on any atom is 0.324 e. The zero-order valence-electron chi connectivity index (χ0n) is 23.5. The van der Waals surface area contributed by atoms with Crippen molar-refractivity contribution < 1.29 is 28.8 Å². The van der Waals surface area contributed by atoms with Crippen LogP contribution >= 0.6 is 0 Å². The van der Waals surface area contributed by atoms with Crippen LogP contribution in [0.25, 0.3) is 0 Å². The van der Waals surface area contributed by atoms with Crippen molar-refractivity contribution in [2.75, 3.05) is 40.3 Å². The van der Waals surface area contributed by atoms with Crippen LogP contribution in [0.1, 0.15) is 62.5 Å². The lowest BCUT2D eigenvalue weighted by Crippen LogP contribution is -2.46. The maximum absolute atomic E-state index is 10.4. The summed E-state index contributed by atoms with van der Waals surface area (Å²) < 4.78 is 2.50. The van der Waals surface area contributed by atoms with Crippen LogP contribution in [0.5, 0.6) is 5.75 Å². The lowest BCUT2D eigenvalue weighted by molar-refractivity contribution is -0.925. The molecule has 2 heterocycles. The van der Waals surface area contributed by atoms with Gasteiger partial charge in [0, 0.05) is 11.1 Å². The van der Waals surface area contributed by atoms with Crippen LogP contribution in [0.4, 0.5) is 17.1 Å². The molecule has 12 nitrogen and oxygen atoms in total. The molecule has 2 fully saturated rings. The molecule has 0 aliphatic carbocycles. The highest BCUT2D eigenvalue weighted by molar-refractivity contribution is 5.64. The standard InChI is InChI=1S/C22H38N2.C6H3N3O7/c1-23(15-9-3-4-10-16-23)19-21-13-7-8-14-22(21)20-24(2)17-11-5-6-12-18-24;10-6-4(8(13)14)1-3(7(11)12)2-5(6)9(15)16/h7-8,13-14H,3-6,9-12,15-20H2,1-2H3;1-2,10H/q+2;. The van der Waals surface area contributed by atoms with Gasteiger partial charge in [-0.3, -0.25) is 30.3 Å². The van der Waals surface area contributed by atoms with Crippen LogP contribution in [-0.2, 0) is 13.1 Å². The second kappa shape index (κ2) is 13.6. The summed E-state index contributed by atoms with van der Waals surface area (Å²) in [7, 11) is 4.98. The molecule has 12 heteroatoms. The highest BCUT2D eigenvalue weighted by Gasteiger charge is 2.30. The molecule has 4 rings (SSSR count). The molecule has 0 atom stereocenters. The van der Waals surface area contributed by atoms with Crippen molar-refractivity contribution in [3.63, 3.8) is 0 Å². The summed E-state index contributed by atoms with van der Waals surface area (Å²) in [6.45, 7) is 7.91. The number of phenols is 1. The SMILES string of the molecule is C[N+]1(Cc2ccccc2C[N+]2(C)CCCCCC2)CCCCCC1.O=[N+]([O-])c1cc([N+](=O)[O-])c(O)c([N+](=O)[O-])c1. The molecule has 40 heavy (non-hydrogen) atoms. The Hall–Kier alpha value is -3.64. The number of nitro benzene ring substituents is 3. The lowest BCUT2D eigenvalue weighted by Gasteiger charge is -2.36. The lowest BCUT2D eigenvalue weighted by atomic mass is 10.0. The van der Waals surface area contributed by atoms with Gasteiger partial charge in [-0.2, -0.15) is 0 Å². The van der Waals surface area contributed by atoms with Crippen LogP contribution in [0, 0.1) is 30.3 Å². The fraction of sp³-hybridized carbons (Fsp3) is 0.571. The van der Waals surface area contributed by atoms with Gasteiger partial charge in [-0.25, -0.2) is 0 Å². The predicted octanol–water partition coefficient (Wildman–Crippen LogP) is 5.84. The topological polar surface area (TPSA) is 150 Å². The molecule has 2 aromatic rings. The molecule has 2 aliphatic rings. The summed E-state index contributed by atoms with van der Waals surface area (Å²) in [5, 5.41) is 40.2. The number of rotatable bonds is 7. The summed E-state index contributed by atoms with van der Waals surface area (Å²) in [5.41, 5.74) is 0.231. The Kier molecular flexibility index (Phi) is 10.5.